The Labute approximate surface area is 540 Å². The molecule has 0 bridgehead atoms. The monoisotopic (exact) mass is 1270 g/mol. The number of amides is 8. The Morgan fingerprint density at radius 1 is 0.478 bits per heavy atom. The fraction of sp³-hybridized carbons (Fsp3) is 0.824. The van der Waals surface area contributed by atoms with Crippen molar-refractivity contribution in [3.63, 3.8) is 0 Å². The molecule has 13 atom stereocenters. The highest BCUT2D eigenvalue weighted by Gasteiger charge is 2.46. The number of ketones is 4. The van der Waals surface area contributed by atoms with E-state index in [0.717, 1.165) is 4.90 Å². The first-order valence-electron chi connectivity index (χ1n) is 33.2. The van der Waals surface area contributed by atoms with E-state index in [1.165, 1.54) is 92.6 Å². The van der Waals surface area contributed by atoms with Gasteiger partial charge in [0.05, 0.1) is 24.7 Å². The molecular formula is C68H119N9O13. The van der Waals surface area contributed by atoms with Crippen molar-refractivity contribution in [1.29, 1.82) is 0 Å². The van der Waals surface area contributed by atoms with E-state index in [-0.39, 0.29) is 68.6 Å². The van der Waals surface area contributed by atoms with Crippen LogP contribution in [0.4, 0.5) is 0 Å². The van der Waals surface area contributed by atoms with Gasteiger partial charge in [0, 0.05) is 92.8 Å². The molecule has 0 radical (unpaired) electrons. The van der Waals surface area contributed by atoms with Gasteiger partial charge in [-0.05, 0) is 107 Å². The molecule has 22 nitrogen and oxygen atoms in total. The summed E-state index contributed by atoms with van der Waals surface area (Å²) in [5, 5.41) is 15.2. The summed E-state index contributed by atoms with van der Waals surface area (Å²) in [6, 6.07) is -9.47. The Morgan fingerprint density at radius 3 is 1.39 bits per heavy atom. The van der Waals surface area contributed by atoms with Crippen LogP contribution in [0.3, 0.4) is 0 Å². The lowest BCUT2D eigenvalue weighted by Crippen LogP contribution is -2.62. The van der Waals surface area contributed by atoms with Crippen molar-refractivity contribution >= 4 is 70.4 Å². The Kier molecular flexibility index (Phi) is 32.2. The smallest absolute Gasteiger partial charge is 0.246 e. The van der Waals surface area contributed by atoms with Crippen LogP contribution in [-0.4, -0.2) is 238 Å². The third kappa shape index (κ3) is 21.5. The third-order valence-electron chi connectivity index (χ3n) is 18.9. The normalized spacial score (nSPS) is 28.3. The van der Waals surface area contributed by atoms with E-state index in [1.807, 2.05) is 46.4 Å². The molecule has 2 aliphatic heterocycles. The van der Waals surface area contributed by atoms with Gasteiger partial charge in [0.15, 0.2) is 17.3 Å². The molecule has 2 rings (SSSR count). The van der Waals surface area contributed by atoms with E-state index >= 15 is 14.4 Å². The summed E-state index contributed by atoms with van der Waals surface area (Å²) in [5.41, 5.74) is 0. The van der Waals surface area contributed by atoms with Gasteiger partial charge in [-0.15, -0.1) is 0 Å². The zero-order valence-corrected chi connectivity index (χ0v) is 59.6. The number of nitrogens with zero attached hydrogens (tertiary/aromatic N) is 8. The molecule has 2 heterocycles. The predicted molar refractivity (Wildman–Crippen MR) is 348 cm³/mol. The van der Waals surface area contributed by atoms with Crippen molar-refractivity contribution in [1.82, 2.24) is 44.5 Å². The number of carbonyl (C=O) groups excluding carboxylic acids is 12. The van der Waals surface area contributed by atoms with Gasteiger partial charge in [-0.1, -0.05) is 104 Å². The summed E-state index contributed by atoms with van der Waals surface area (Å²) >= 11 is 0. The van der Waals surface area contributed by atoms with Gasteiger partial charge in [0.2, 0.25) is 47.3 Å². The molecule has 0 aromatic heterocycles. The van der Waals surface area contributed by atoms with Gasteiger partial charge in [0.1, 0.15) is 42.0 Å². The lowest BCUT2D eigenvalue weighted by molar-refractivity contribution is -0.157. The minimum atomic E-state index is -1.55. The Morgan fingerprint density at radius 2 is 0.922 bits per heavy atom. The molecule has 0 saturated carbocycles. The number of piperidine rings is 1. The van der Waals surface area contributed by atoms with Crippen molar-refractivity contribution in [2.75, 3.05) is 69.0 Å². The summed E-state index contributed by atoms with van der Waals surface area (Å²) in [5.74, 6) is -11.5. The molecule has 514 valence electrons. The van der Waals surface area contributed by atoms with Crippen LogP contribution in [0.25, 0.3) is 0 Å². The highest BCUT2D eigenvalue weighted by atomic mass is 16.3. The third-order valence-corrected chi connectivity index (χ3v) is 18.9. The van der Waals surface area contributed by atoms with Crippen molar-refractivity contribution in [3.05, 3.63) is 0 Å². The number of carbonyl (C=O) groups is 12. The van der Waals surface area contributed by atoms with E-state index in [0.29, 0.717) is 32.4 Å². The van der Waals surface area contributed by atoms with Crippen LogP contribution < -0.4 is 5.32 Å². The standard InChI is InChI=1S/C68H119N9O13/c1-25-48-35-56(81)59(60(82)44(14)28-30-77-29-26-27-49(78)37-77)76(24)68(90)58(43(12)13)75(23)66(88)53(33-40(6)7)73(21)67(89)57(42(10)11)74(22)62(84)46(16)69-61(83)45(15)34-54(79)51(31-38(2)3)72(20)65(87)50(41(8)9)36-55(80)52(32-39(4)5)71(19)63(85)47(17)70(18)64(48)86/h38-48,50-53,57-60,82H,25-37H2,1-24H3,(H,69,83)/t44-,45+,46+,47-,48+,50-,51-,52+,53-,57?,58-,59+,60-/m1/s1. The van der Waals surface area contributed by atoms with E-state index in [2.05, 4.69) is 5.32 Å². The first-order valence-corrected chi connectivity index (χ1v) is 33.2. The molecule has 2 fully saturated rings. The van der Waals surface area contributed by atoms with Gasteiger partial charge < -0.3 is 44.7 Å². The van der Waals surface area contributed by atoms with E-state index < -0.39 is 167 Å². The molecule has 1 unspecified atom stereocenters. The van der Waals surface area contributed by atoms with Crippen LogP contribution in [0, 0.1) is 59.2 Å². The second kappa shape index (κ2) is 36.0. The fourth-order valence-corrected chi connectivity index (χ4v) is 12.9. The lowest BCUT2D eigenvalue weighted by Gasteiger charge is -2.42. The second-order valence-electron chi connectivity index (χ2n) is 28.9. The Bertz CT molecular complexity index is 2500. The summed E-state index contributed by atoms with van der Waals surface area (Å²) in [6.45, 7) is 31.3. The summed E-state index contributed by atoms with van der Waals surface area (Å²) in [6.07, 6.45) is -0.283. The van der Waals surface area contributed by atoms with E-state index in [4.69, 9.17) is 0 Å². The van der Waals surface area contributed by atoms with Gasteiger partial charge in [-0.3, -0.25) is 62.4 Å². The van der Waals surface area contributed by atoms with Gasteiger partial charge in [0.25, 0.3) is 0 Å². The minimum absolute atomic E-state index is 0.0753. The molecule has 0 aromatic rings. The SMILES string of the molecule is CC[C@H]1CC(=O)[C@@H]([C@H](O)[C@H](C)CCN2CCCC(=O)C2)N(C)C(=O)[C@@H](C(C)C)N(C)C(=O)[C@@H](CC(C)C)N(C)C(=O)C(C(C)C)N(C)C(=O)[C@H](C)NC(=O)[C@@H](C)CC(=O)[C@@H](CC(C)C)N(C)C(=O)[C@@H](C(C)C)CC(=O)[C@H](CC(C)C)N(C)C(=O)[C@@H](C)N(C)C1=O. The van der Waals surface area contributed by atoms with Crippen LogP contribution >= 0.6 is 0 Å². The van der Waals surface area contributed by atoms with Crippen LogP contribution in [0.1, 0.15) is 182 Å². The summed E-state index contributed by atoms with van der Waals surface area (Å²) < 4.78 is 0. The number of rotatable bonds is 15. The number of aliphatic hydroxyl groups excluding tert-OH is 1. The number of aliphatic hydroxyl groups is 1. The first kappa shape index (κ1) is 80.5. The predicted octanol–water partition coefficient (Wildman–Crippen LogP) is 5.63. The van der Waals surface area contributed by atoms with Gasteiger partial charge in [-0.2, -0.15) is 0 Å². The Hall–Kier alpha value is -5.64. The maximum Gasteiger partial charge on any atom is 0.246 e. The average Bonchev–Trinajstić information content (AvgIpc) is 0.859. The van der Waals surface area contributed by atoms with Crippen molar-refractivity contribution in [2.45, 2.75) is 236 Å². The molecule has 2 N–H and O–H groups in total. The van der Waals surface area contributed by atoms with Crippen LogP contribution in [-0.2, 0) is 57.5 Å². The largest absolute Gasteiger partial charge is 0.390 e. The Balaban J connectivity index is 2.99. The molecule has 2 saturated heterocycles. The van der Waals surface area contributed by atoms with Crippen LogP contribution in [0.15, 0.2) is 0 Å². The second-order valence-corrected chi connectivity index (χ2v) is 28.9. The molecule has 0 spiro atoms. The number of hydrogen-bond donors (Lipinski definition) is 2. The molecule has 0 aliphatic carbocycles. The number of likely N-dealkylation sites (N-methyl/N-ethyl adjacent to an activating group) is 7. The van der Waals surface area contributed by atoms with E-state index in [1.54, 1.807) is 62.3 Å². The zero-order valence-electron chi connectivity index (χ0n) is 59.6. The highest BCUT2D eigenvalue weighted by Crippen LogP contribution is 2.30. The highest BCUT2D eigenvalue weighted by molar-refractivity contribution is 6.00. The molecule has 90 heavy (non-hydrogen) atoms. The van der Waals surface area contributed by atoms with E-state index in [9.17, 15) is 48.3 Å². The molecule has 22 heteroatoms. The van der Waals surface area contributed by atoms with Crippen LogP contribution in [0.5, 0.6) is 0 Å². The quantitative estimate of drug-likeness (QED) is 0.202. The minimum Gasteiger partial charge on any atom is -0.390 e. The zero-order chi connectivity index (χ0) is 69.4. The van der Waals surface area contributed by atoms with Crippen molar-refractivity contribution < 1.29 is 62.6 Å². The number of Topliss-reactive ketones (excluding diaryl/α,β-unsaturated/α-hetero) is 4. The fourth-order valence-electron chi connectivity index (χ4n) is 12.9. The summed E-state index contributed by atoms with van der Waals surface area (Å²) in [7, 11) is 10.2. The first-order chi connectivity index (χ1) is 41.6. The molecular weight excluding hydrogens is 1150 g/mol. The summed E-state index contributed by atoms with van der Waals surface area (Å²) in [4.78, 5) is 186. The lowest BCUT2D eigenvalue weighted by atomic mass is 9.84. The topological polar surface area (TPSA) is 263 Å². The average molecular weight is 1270 g/mol. The van der Waals surface area contributed by atoms with Gasteiger partial charge in [-0.25, -0.2) is 0 Å². The van der Waals surface area contributed by atoms with Crippen LogP contribution in [0.2, 0.25) is 0 Å². The molecule has 0 aromatic carbocycles. The van der Waals surface area contributed by atoms with Gasteiger partial charge >= 0.3 is 0 Å². The molecule has 2 aliphatic rings. The molecule has 8 amide bonds. The number of likely N-dealkylation sites (tertiary alicyclic amines) is 1. The van der Waals surface area contributed by atoms with Crippen molar-refractivity contribution in [3.8, 4) is 0 Å². The maximum atomic E-state index is 15.4. The number of hydrogen-bond acceptors (Lipinski definition) is 14. The number of nitrogens with one attached hydrogen (secondary N) is 1. The van der Waals surface area contributed by atoms with Crippen molar-refractivity contribution in [2.24, 2.45) is 59.2 Å². The maximum absolute atomic E-state index is 15.4.